The topological polar surface area (TPSA) is 98.0 Å². The molecule has 1 unspecified atom stereocenters. The predicted molar refractivity (Wildman–Crippen MR) is 48.7 cm³/mol. The Kier molecular flexibility index (Phi) is 2.67. The van der Waals surface area contributed by atoms with Crippen LogP contribution in [0.4, 0.5) is 4.39 Å². The number of halogens is 1. The number of nitrogens with zero attached hydrogens (tertiary/aromatic N) is 2. The molecule has 9 heteroatoms. The molecule has 2 rings (SSSR count). The van der Waals surface area contributed by atoms with Crippen LogP contribution in [0.1, 0.15) is 0 Å². The van der Waals surface area contributed by atoms with Crippen molar-refractivity contribution in [1.82, 2.24) is 7.96 Å². The minimum absolute atomic E-state index is 0.0135. The number of fused-ring (bicyclic) bond motifs is 1. The summed E-state index contributed by atoms with van der Waals surface area (Å²) in [6.07, 6.45) is 0. The van der Waals surface area contributed by atoms with Crippen LogP contribution in [0.15, 0.2) is 17.0 Å². The minimum atomic E-state index is -4.07. The van der Waals surface area contributed by atoms with E-state index >= 15 is 0 Å². The van der Waals surface area contributed by atoms with Gasteiger partial charge in [0.15, 0.2) is 0 Å². The molecular weight excluding hydrogens is 292 g/mol. The molecule has 6 nitrogen and oxygen atoms in total. The van der Waals surface area contributed by atoms with Gasteiger partial charge >= 0.3 is 90.6 Å². The van der Waals surface area contributed by atoms with Gasteiger partial charge < -0.3 is 0 Å². The van der Waals surface area contributed by atoms with Crippen molar-refractivity contribution >= 4 is 36.5 Å². The summed E-state index contributed by atoms with van der Waals surface area (Å²) < 4.78 is 47.2. The molecule has 0 saturated carbocycles. The van der Waals surface area contributed by atoms with Crippen LogP contribution < -0.4 is 5.90 Å². The molecule has 1 aromatic carbocycles. The molecule has 0 bridgehead atoms. The Balaban J connectivity index is 2.78. The summed E-state index contributed by atoms with van der Waals surface area (Å²) in [5.41, 5.74) is -0.0615. The van der Waals surface area contributed by atoms with E-state index in [9.17, 15) is 13.2 Å². The molecule has 0 aliphatic rings. The maximum absolute atomic E-state index is 13.2. The SMILES string of the molecule is NO[S+]([O])(=O)c1ccc(F)c2n[se]nc12. The van der Waals surface area contributed by atoms with Crippen LogP contribution >= 0.6 is 0 Å². The first-order valence-corrected chi connectivity index (χ1v) is 6.54. The van der Waals surface area contributed by atoms with Gasteiger partial charge in [0.2, 0.25) is 0 Å². The fourth-order valence-electron chi connectivity index (χ4n) is 1.07. The van der Waals surface area contributed by atoms with Gasteiger partial charge in [-0.3, -0.25) is 0 Å². The average Bonchev–Trinajstić information content (AvgIpc) is 2.67. The number of hydrogen-bond acceptors (Lipinski definition) is 5. The van der Waals surface area contributed by atoms with Gasteiger partial charge in [-0.1, -0.05) is 0 Å². The third-order valence-corrected chi connectivity index (χ3v) is 3.96. The summed E-state index contributed by atoms with van der Waals surface area (Å²) in [6.45, 7) is 0. The summed E-state index contributed by atoms with van der Waals surface area (Å²) in [7, 11) is -4.07. The van der Waals surface area contributed by atoms with Gasteiger partial charge in [0.25, 0.3) is 0 Å². The van der Waals surface area contributed by atoms with Crippen molar-refractivity contribution in [2.75, 3.05) is 0 Å². The van der Waals surface area contributed by atoms with Crippen molar-refractivity contribution < 1.29 is 17.4 Å². The Morgan fingerprint density at radius 2 is 2.07 bits per heavy atom. The van der Waals surface area contributed by atoms with E-state index in [1.807, 2.05) is 0 Å². The average molecular weight is 296 g/mol. The van der Waals surface area contributed by atoms with E-state index < -0.39 is 31.3 Å². The van der Waals surface area contributed by atoms with Crippen molar-refractivity contribution in [2.24, 2.45) is 5.90 Å². The Labute approximate surface area is 90.9 Å². The quantitative estimate of drug-likeness (QED) is 0.471. The fourth-order valence-corrected chi connectivity index (χ4v) is 3.10. The van der Waals surface area contributed by atoms with Crippen molar-refractivity contribution in [3.63, 3.8) is 0 Å². The van der Waals surface area contributed by atoms with E-state index in [0.29, 0.717) is 0 Å². The van der Waals surface area contributed by atoms with Crippen LogP contribution in [0, 0.1) is 5.82 Å². The van der Waals surface area contributed by atoms with Crippen LogP contribution in [0.25, 0.3) is 11.0 Å². The van der Waals surface area contributed by atoms with Crippen molar-refractivity contribution in [2.45, 2.75) is 4.90 Å². The summed E-state index contributed by atoms with van der Waals surface area (Å²) >= 11 is -0.524. The second-order valence-electron chi connectivity index (χ2n) is 2.56. The van der Waals surface area contributed by atoms with Crippen LogP contribution in [0.3, 0.4) is 0 Å². The van der Waals surface area contributed by atoms with Gasteiger partial charge in [-0.05, 0) is 0 Å². The first kappa shape index (κ1) is 10.8. The van der Waals surface area contributed by atoms with E-state index in [1.165, 1.54) is 0 Å². The van der Waals surface area contributed by atoms with Gasteiger partial charge in [0.1, 0.15) is 0 Å². The Morgan fingerprint density at radius 1 is 1.40 bits per heavy atom. The van der Waals surface area contributed by atoms with Crippen LogP contribution in [0.5, 0.6) is 0 Å². The number of aromatic nitrogens is 2. The normalized spacial score (nSPS) is 15.4. The third kappa shape index (κ3) is 1.73. The molecule has 1 aromatic heterocycles. The van der Waals surface area contributed by atoms with Crippen molar-refractivity contribution in [3.05, 3.63) is 17.9 Å². The summed E-state index contributed by atoms with van der Waals surface area (Å²) in [5, 5.41) is 0. The van der Waals surface area contributed by atoms with Crippen LogP contribution in [-0.2, 0) is 23.5 Å². The molecule has 0 fully saturated rings. The second-order valence-corrected chi connectivity index (χ2v) is 5.21. The molecule has 1 radical (unpaired) electrons. The van der Waals surface area contributed by atoms with E-state index in [4.69, 9.17) is 0 Å². The Hall–Kier alpha value is -0.701. The van der Waals surface area contributed by atoms with Gasteiger partial charge in [-0.25, -0.2) is 0 Å². The molecule has 2 aromatic rings. The van der Waals surface area contributed by atoms with E-state index in [0.717, 1.165) is 12.1 Å². The van der Waals surface area contributed by atoms with Crippen molar-refractivity contribution in [3.8, 4) is 0 Å². The molecule has 1 atom stereocenters. The van der Waals surface area contributed by atoms with E-state index in [1.54, 1.807) is 0 Å². The number of rotatable bonds is 2. The molecule has 0 aliphatic carbocycles. The summed E-state index contributed by atoms with van der Waals surface area (Å²) in [6, 6.07) is 2.04. The molecule has 2 N–H and O–H groups in total. The maximum atomic E-state index is 13.2. The van der Waals surface area contributed by atoms with Gasteiger partial charge in [0, 0.05) is 0 Å². The van der Waals surface area contributed by atoms with Gasteiger partial charge in [-0.15, -0.1) is 0 Å². The zero-order chi connectivity index (χ0) is 11.1. The number of hydrogen-bond donors (Lipinski definition) is 1. The van der Waals surface area contributed by atoms with Crippen LogP contribution in [-0.4, -0.2) is 22.9 Å². The first-order chi connectivity index (χ1) is 7.06. The van der Waals surface area contributed by atoms with E-state index in [-0.39, 0.29) is 15.9 Å². The zero-order valence-corrected chi connectivity index (χ0v) is 9.58. The fraction of sp³-hybridized carbons (Fsp3) is 0. The van der Waals surface area contributed by atoms with Gasteiger partial charge in [0.05, 0.1) is 0 Å². The summed E-state index contributed by atoms with van der Waals surface area (Å²) in [4.78, 5) is -0.260. The Bertz CT molecular complexity index is 560. The molecule has 0 saturated heterocycles. The van der Waals surface area contributed by atoms with Gasteiger partial charge in [-0.2, -0.15) is 0 Å². The second kappa shape index (κ2) is 3.71. The van der Waals surface area contributed by atoms with Crippen molar-refractivity contribution in [1.29, 1.82) is 0 Å². The van der Waals surface area contributed by atoms with E-state index in [2.05, 4.69) is 18.1 Å². The molecule has 0 aliphatic heterocycles. The molecule has 0 spiro atoms. The molecule has 1 heterocycles. The standard InChI is InChI=1S/C6H4FN3O3SSe/c7-3-1-2-4(14(11,12)13-8)6-5(3)9-15-10-6/h1-2H,8H2/q+1. The molecule has 15 heavy (non-hydrogen) atoms. The number of benzene rings is 1. The molecular formula is C6H4FN3O3SSe+. The van der Waals surface area contributed by atoms with Crippen LogP contribution in [0.2, 0.25) is 0 Å². The number of nitrogens with two attached hydrogens (primary N) is 1. The first-order valence-electron chi connectivity index (χ1n) is 3.60. The monoisotopic (exact) mass is 297 g/mol. The zero-order valence-electron chi connectivity index (χ0n) is 7.05. The molecule has 79 valence electrons. The third-order valence-electron chi connectivity index (χ3n) is 1.73. The predicted octanol–water partition coefficient (Wildman–Crippen LogP) is -0.165. The Morgan fingerprint density at radius 3 is 2.73 bits per heavy atom. The summed E-state index contributed by atoms with van der Waals surface area (Å²) in [5.74, 6) is 4.01. The molecule has 0 amide bonds.